The number of allylic oxidation sites excluding steroid dienone is 3. The van der Waals surface area contributed by atoms with Gasteiger partial charge in [-0.3, -0.25) is 0 Å². The van der Waals surface area contributed by atoms with Crippen molar-refractivity contribution in [3.63, 3.8) is 0 Å². The molecular formula is C9H17N. The first-order valence-electron chi connectivity index (χ1n) is 3.62. The summed E-state index contributed by atoms with van der Waals surface area (Å²) in [5.74, 6) is 0. The summed E-state index contributed by atoms with van der Waals surface area (Å²) in [6, 6.07) is 0. The first kappa shape index (κ1) is 9.28. The van der Waals surface area contributed by atoms with E-state index in [9.17, 15) is 0 Å². The summed E-state index contributed by atoms with van der Waals surface area (Å²) in [4.78, 5) is 0. The molecule has 0 atom stereocenters. The summed E-state index contributed by atoms with van der Waals surface area (Å²) in [5, 5.41) is 3.22. The molecular weight excluding hydrogens is 122 g/mol. The highest BCUT2D eigenvalue weighted by Crippen LogP contribution is 1.97. The summed E-state index contributed by atoms with van der Waals surface area (Å²) in [5.41, 5.74) is 0.179. The van der Waals surface area contributed by atoms with E-state index in [1.807, 2.05) is 31.4 Å². The highest BCUT2D eigenvalue weighted by molar-refractivity contribution is 5.01. The van der Waals surface area contributed by atoms with Crippen LogP contribution in [-0.2, 0) is 0 Å². The lowest BCUT2D eigenvalue weighted by molar-refractivity contribution is 0.491. The van der Waals surface area contributed by atoms with Gasteiger partial charge in [0.25, 0.3) is 0 Å². The van der Waals surface area contributed by atoms with Gasteiger partial charge in [0, 0.05) is 5.54 Å². The molecule has 0 aromatic heterocycles. The van der Waals surface area contributed by atoms with Gasteiger partial charge in [-0.05, 0) is 40.0 Å². The summed E-state index contributed by atoms with van der Waals surface area (Å²) < 4.78 is 0. The summed E-state index contributed by atoms with van der Waals surface area (Å²) in [7, 11) is 0. The number of hydrogen-bond donors (Lipinski definition) is 1. The lowest BCUT2D eigenvalue weighted by Gasteiger charge is -2.18. The second kappa shape index (κ2) is 4.15. The minimum Gasteiger partial charge on any atom is -0.386 e. The maximum absolute atomic E-state index is 3.22. The van der Waals surface area contributed by atoms with Gasteiger partial charge in [0.2, 0.25) is 0 Å². The minimum absolute atomic E-state index is 0.179. The van der Waals surface area contributed by atoms with E-state index < -0.39 is 0 Å². The fourth-order valence-electron chi connectivity index (χ4n) is 0.465. The van der Waals surface area contributed by atoms with Crippen molar-refractivity contribution in [2.45, 2.75) is 33.2 Å². The molecule has 0 spiro atoms. The van der Waals surface area contributed by atoms with E-state index in [0.717, 1.165) is 0 Å². The summed E-state index contributed by atoms with van der Waals surface area (Å²) >= 11 is 0. The Kier molecular flexibility index (Phi) is 3.85. The van der Waals surface area contributed by atoms with Crippen LogP contribution in [0.25, 0.3) is 0 Å². The fraction of sp³-hybridized carbons (Fsp3) is 0.556. The lowest BCUT2D eigenvalue weighted by atomic mass is 10.1. The zero-order chi connectivity index (χ0) is 8.04. The zero-order valence-corrected chi connectivity index (χ0v) is 7.31. The summed E-state index contributed by atoms with van der Waals surface area (Å²) in [6.07, 6.45) is 7.95. The van der Waals surface area contributed by atoms with E-state index in [1.54, 1.807) is 0 Å². The molecule has 0 rings (SSSR count). The van der Waals surface area contributed by atoms with Gasteiger partial charge < -0.3 is 5.32 Å². The standard InChI is InChI=1S/C9H17N/c1-5-6-7-8-10-9(2,3)4/h5-8,10H,1-4H3. The van der Waals surface area contributed by atoms with Crippen LogP contribution in [0.4, 0.5) is 0 Å². The molecule has 0 heterocycles. The first-order chi connectivity index (χ1) is 4.56. The molecule has 0 saturated carbocycles. The van der Waals surface area contributed by atoms with Crippen LogP contribution in [0.5, 0.6) is 0 Å². The molecule has 0 aliphatic carbocycles. The van der Waals surface area contributed by atoms with E-state index in [-0.39, 0.29) is 5.54 Å². The topological polar surface area (TPSA) is 12.0 Å². The average Bonchev–Trinajstić information content (AvgIpc) is 1.78. The molecule has 0 unspecified atom stereocenters. The molecule has 0 aliphatic rings. The van der Waals surface area contributed by atoms with Crippen molar-refractivity contribution in [1.29, 1.82) is 0 Å². The highest BCUT2D eigenvalue weighted by atomic mass is 14.9. The van der Waals surface area contributed by atoms with Crippen molar-refractivity contribution < 1.29 is 0 Å². The van der Waals surface area contributed by atoms with Crippen LogP contribution in [0, 0.1) is 0 Å². The molecule has 1 nitrogen and oxygen atoms in total. The second-order valence-electron chi connectivity index (χ2n) is 3.28. The molecule has 0 radical (unpaired) electrons. The largest absolute Gasteiger partial charge is 0.386 e. The van der Waals surface area contributed by atoms with Gasteiger partial charge >= 0.3 is 0 Å². The minimum atomic E-state index is 0.179. The van der Waals surface area contributed by atoms with Crippen molar-refractivity contribution in [3.05, 3.63) is 24.4 Å². The van der Waals surface area contributed by atoms with E-state index in [4.69, 9.17) is 0 Å². The Morgan fingerprint density at radius 2 is 1.70 bits per heavy atom. The smallest absolute Gasteiger partial charge is 0.0283 e. The lowest BCUT2D eigenvalue weighted by Crippen LogP contribution is -2.30. The molecule has 1 N–H and O–H groups in total. The van der Waals surface area contributed by atoms with E-state index in [1.165, 1.54) is 0 Å². The van der Waals surface area contributed by atoms with Gasteiger partial charge in [-0.25, -0.2) is 0 Å². The SMILES string of the molecule is CC=CC=CNC(C)(C)C. The normalized spacial score (nSPS) is 13.2. The van der Waals surface area contributed by atoms with E-state index in [0.29, 0.717) is 0 Å². The van der Waals surface area contributed by atoms with Crippen LogP contribution >= 0.6 is 0 Å². The second-order valence-corrected chi connectivity index (χ2v) is 3.28. The molecule has 10 heavy (non-hydrogen) atoms. The fourth-order valence-corrected chi connectivity index (χ4v) is 0.465. The Morgan fingerprint density at radius 3 is 2.10 bits per heavy atom. The maximum Gasteiger partial charge on any atom is 0.0283 e. The Balaban J connectivity index is 3.54. The van der Waals surface area contributed by atoms with Gasteiger partial charge in [0.05, 0.1) is 0 Å². The van der Waals surface area contributed by atoms with Gasteiger partial charge in [-0.15, -0.1) is 0 Å². The van der Waals surface area contributed by atoms with Crippen LogP contribution in [0.3, 0.4) is 0 Å². The predicted molar refractivity (Wildman–Crippen MR) is 46.8 cm³/mol. The average molecular weight is 139 g/mol. The van der Waals surface area contributed by atoms with Crippen LogP contribution < -0.4 is 5.32 Å². The van der Waals surface area contributed by atoms with Crippen LogP contribution in [-0.4, -0.2) is 5.54 Å². The molecule has 0 saturated heterocycles. The van der Waals surface area contributed by atoms with Crippen LogP contribution in [0.2, 0.25) is 0 Å². The third-order valence-corrected chi connectivity index (χ3v) is 0.916. The van der Waals surface area contributed by atoms with Crippen molar-refractivity contribution >= 4 is 0 Å². The van der Waals surface area contributed by atoms with Crippen molar-refractivity contribution in [1.82, 2.24) is 5.32 Å². The predicted octanol–water partition coefficient (Wildman–Crippen LogP) is 2.46. The zero-order valence-electron chi connectivity index (χ0n) is 7.31. The highest BCUT2D eigenvalue weighted by Gasteiger charge is 2.03. The van der Waals surface area contributed by atoms with Gasteiger partial charge in [0.15, 0.2) is 0 Å². The molecule has 0 amide bonds. The number of hydrogen-bond acceptors (Lipinski definition) is 1. The quantitative estimate of drug-likeness (QED) is 0.579. The Bertz CT molecular complexity index is 126. The number of rotatable bonds is 2. The molecule has 1 heteroatoms. The van der Waals surface area contributed by atoms with E-state index >= 15 is 0 Å². The Hall–Kier alpha value is -0.720. The molecule has 0 fully saturated rings. The molecule has 0 aromatic rings. The molecule has 58 valence electrons. The van der Waals surface area contributed by atoms with Crippen LogP contribution in [0.15, 0.2) is 24.4 Å². The molecule has 0 aromatic carbocycles. The van der Waals surface area contributed by atoms with Crippen LogP contribution in [0.1, 0.15) is 27.7 Å². The third kappa shape index (κ3) is 7.28. The number of nitrogens with one attached hydrogen (secondary N) is 1. The summed E-state index contributed by atoms with van der Waals surface area (Å²) in [6.45, 7) is 8.40. The van der Waals surface area contributed by atoms with E-state index in [2.05, 4.69) is 26.1 Å². The molecule has 0 bridgehead atoms. The van der Waals surface area contributed by atoms with Crippen molar-refractivity contribution in [2.75, 3.05) is 0 Å². The maximum atomic E-state index is 3.22. The Morgan fingerprint density at radius 1 is 1.10 bits per heavy atom. The van der Waals surface area contributed by atoms with Crippen molar-refractivity contribution in [3.8, 4) is 0 Å². The van der Waals surface area contributed by atoms with Crippen molar-refractivity contribution in [2.24, 2.45) is 0 Å². The van der Waals surface area contributed by atoms with Gasteiger partial charge in [-0.2, -0.15) is 0 Å². The Labute approximate surface area is 63.8 Å². The van der Waals surface area contributed by atoms with Gasteiger partial charge in [0.1, 0.15) is 0 Å². The van der Waals surface area contributed by atoms with Gasteiger partial charge in [-0.1, -0.05) is 12.2 Å². The first-order valence-corrected chi connectivity index (χ1v) is 3.62. The third-order valence-electron chi connectivity index (χ3n) is 0.916. The molecule has 0 aliphatic heterocycles. The monoisotopic (exact) mass is 139 g/mol.